The number of benzene rings is 1. The molecule has 1 fully saturated rings. The van der Waals surface area contributed by atoms with E-state index in [1.165, 1.54) is 10.4 Å². The van der Waals surface area contributed by atoms with E-state index in [-0.39, 0.29) is 28.8 Å². The van der Waals surface area contributed by atoms with E-state index >= 15 is 0 Å². The Morgan fingerprint density at radius 3 is 2.46 bits per heavy atom. The van der Waals surface area contributed by atoms with Gasteiger partial charge in [-0.3, -0.25) is 4.79 Å². The smallest absolute Gasteiger partial charge is 0.252 e. The number of hydrogen-bond donors (Lipinski definition) is 2. The third-order valence-corrected chi connectivity index (χ3v) is 5.91. The topological polar surface area (TPSA) is 78.5 Å². The molecular formula is C16H26ClN3O3S. The Bertz CT molecular complexity index is 631. The van der Waals surface area contributed by atoms with Crippen LogP contribution in [0.4, 0.5) is 0 Å². The molecule has 0 unspecified atom stereocenters. The maximum absolute atomic E-state index is 12.8. The highest BCUT2D eigenvalue weighted by molar-refractivity contribution is 7.89. The first-order valence-corrected chi connectivity index (χ1v) is 9.53. The van der Waals surface area contributed by atoms with Gasteiger partial charge in [-0.05, 0) is 45.0 Å². The first-order chi connectivity index (χ1) is 11.1. The number of rotatable bonds is 7. The van der Waals surface area contributed by atoms with Gasteiger partial charge >= 0.3 is 0 Å². The van der Waals surface area contributed by atoms with Crippen molar-refractivity contribution >= 4 is 28.3 Å². The molecule has 6 nitrogen and oxygen atoms in total. The third kappa shape index (κ3) is 5.17. The molecule has 1 aliphatic rings. The van der Waals surface area contributed by atoms with Crippen molar-refractivity contribution < 1.29 is 13.2 Å². The summed E-state index contributed by atoms with van der Waals surface area (Å²) in [5.74, 6) is -0.336. The second-order valence-electron chi connectivity index (χ2n) is 5.67. The van der Waals surface area contributed by atoms with Crippen molar-refractivity contribution in [2.24, 2.45) is 0 Å². The van der Waals surface area contributed by atoms with Crippen LogP contribution in [0.3, 0.4) is 0 Å². The van der Waals surface area contributed by atoms with E-state index in [2.05, 4.69) is 10.6 Å². The number of sulfonamides is 1. The molecule has 0 bridgehead atoms. The molecule has 0 radical (unpaired) electrons. The standard InChI is InChI=1S/C16H25N3O3S.ClH/c1-17-10-7-11-18-16(20)14-8-3-4-9-15(14)23(21,22)19-12-5-2-6-13-19;/h3-4,8-9,17H,2,5-7,10-13H2,1H3,(H,18,20);1H. The van der Waals surface area contributed by atoms with Crippen LogP contribution in [0.5, 0.6) is 0 Å². The van der Waals surface area contributed by atoms with Gasteiger partial charge in [-0.1, -0.05) is 18.6 Å². The highest BCUT2D eigenvalue weighted by Crippen LogP contribution is 2.23. The number of carbonyl (C=O) groups is 1. The van der Waals surface area contributed by atoms with E-state index < -0.39 is 10.0 Å². The average molecular weight is 376 g/mol. The van der Waals surface area contributed by atoms with Crippen LogP contribution in [0, 0.1) is 0 Å². The molecule has 2 rings (SSSR count). The number of carbonyl (C=O) groups excluding carboxylic acids is 1. The van der Waals surface area contributed by atoms with Gasteiger partial charge in [-0.25, -0.2) is 8.42 Å². The van der Waals surface area contributed by atoms with Gasteiger partial charge in [0.2, 0.25) is 10.0 Å². The minimum absolute atomic E-state index is 0. The van der Waals surface area contributed by atoms with Gasteiger partial charge in [0.1, 0.15) is 0 Å². The monoisotopic (exact) mass is 375 g/mol. The van der Waals surface area contributed by atoms with E-state index in [0.29, 0.717) is 19.6 Å². The van der Waals surface area contributed by atoms with Gasteiger partial charge in [0.05, 0.1) is 10.5 Å². The third-order valence-electron chi connectivity index (χ3n) is 3.95. The fraction of sp³-hybridized carbons (Fsp3) is 0.562. The maximum Gasteiger partial charge on any atom is 0.252 e. The Morgan fingerprint density at radius 2 is 1.79 bits per heavy atom. The van der Waals surface area contributed by atoms with Gasteiger partial charge in [0.15, 0.2) is 0 Å². The van der Waals surface area contributed by atoms with Crippen molar-refractivity contribution in [2.75, 3.05) is 33.2 Å². The molecule has 1 saturated heterocycles. The van der Waals surface area contributed by atoms with Crippen molar-refractivity contribution in [3.05, 3.63) is 29.8 Å². The van der Waals surface area contributed by atoms with Gasteiger partial charge < -0.3 is 10.6 Å². The zero-order chi connectivity index (χ0) is 16.7. The van der Waals surface area contributed by atoms with Crippen LogP contribution in [0.25, 0.3) is 0 Å². The second kappa shape index (κ2) is 9.98. The van der Waals surface area contributed by atoms with Crippen molar-refractivity contribution in [2.45, 2.75) is 30.6 Å². The predicted octanol–water partition coefficient (Wildman–Crippen LogP) is 1.62. The quantitative estimate of drug-likeness (QED) is 0.710. The van der Waals surface area contributed by atoms with E-state index in [4.69, 9.17) is 0 Å². The Labute approximate surface area is 150 Å². The van der Waals surface area contributed by atoms with Crippen molar-refractivity contribution in [3.63, 3.8) is 0 Å². The van der Waals surface area contributed by atoms with Crippen LogP contribution >= 0.6 is 12.4 Å². The van der Waals surface area contributed by atoms with Crippen molar-refractivity contribution in [1.82, 2.24) is 14.9 Å². The van der Waals surface area contributed by atoms with E-state index in [1.807, 2.05) is 7.05 Å². The molecule has 1 aromatic carbocycles. The lowest BCUT2D eigenvalue weighted by atomic mass is 10.2. The Hall–Kier alpha value is -1.15. The largest absolute Gasteiger partial charge is 0.352 e. The number of piperidine rings is 1. The minimum atomic E-state index is -3.61. The molecule has 1 aliphatic heterocycles. The summed E-state index contributed by atoms with van der Waals surface area (Å²) in [6, 6.07) is 6.45. The number of halogens is 1. The van der Waals surface area contributed by atoms with Crippen molar-refractivity contribution in [1.29, 1.82) is 0 Å². The summed E-state index contributed by atoms with van der Waals surface area (Å²) in [5.41, 5.74) is 0.225. The Kier molecular flexibility index (Phi) is 8.69. The van der Waals surface area contributed by atoms with Gasteiger partial charge in [0.25, 0.3) is 5.91 Å². The molecule has 8 heteroatoms. The molecule has 1 aromatic rings. The first kappa shape index (κ1) is 20.9. The molecule has 0 saturated carbocycles. The molecule has 136 valence electrons. The summed E-state index contributed by atoms with van der Waals surface area (Å²) in [6.07, 6.45) is 3.60. The lowest BCUT2D eigenvalue weighted by Crippen LogP contribution is -2.37. The molecule has 0 spiro atoms. The molecular weight excluding hydrogens is 350 g/mol. The summed E-state index contributed by atoms with van der Waals surface area (Å²) >= 11 is 0. The SMILES string of the molecule is CNCCCNC(=O)c1ccccc1S(=O)(=O)N1CCCCC1.Cl. The maximum atomic E-state index is 12.8. The molecule has 24 heavy (non-hydrogen) atoms. The molecule has 0 atom stereocenters. The zero-order valence-corrected chi connectivity index (χ0v) is 15.6. The summed E-state index contributed by atoms with van der Waals surface area (Å²) in [6.45, 7) is 2.37. The highest BCUT2D eigenvalue weighted by Gasteiger charge is 2.29. The molecule has 1 amide bonds. The van der Waals surface area contributed by atoms with Crippen LogP contribution < -0.4 is 10.6 Å². The predicted molar refractivity (Wildman–Crippen MR) is 97.2 cm³/mol. The molecule has 2 N–H and O–H groups in total. The lowest BCUT2D eigenvalue weighted by molar-refractivity contribution is 0.0949. The van der Waals surface area contributed by atoms with Crippen LogP contribution in [-0.4, -0.2) is 51.9 Å². The average Bonchev–Trinajstić information content (AvgIpc) is 2.59. The second-order valence-corrected chi connectivity index (χ2v) is 7.58. The number of nitrogens with one attached hydrogen (secondary N) is 2. The van der Waals surface area contributed by atoms with Gasteiger partial charge in [-0.2, -0.15) is 4.31 Å². The van der Waals surface area contributed by atoms with Gasteiger partial charge in [0, 0.05) is 19.6 Å². The zero-order valence-electron chi connectivity index (χ0n) is 14.0. The number of nitrogens with zero attached hydrogens (tertiary/aromatic N) is 1. The molecule has 1 heterocycles. The van der Waals surface area contributed by atoms with Crippen molar-refractivity contribution in [3.8, 4) is 0 Å². The molecule has 0 aliphatic carbocycles. The lowest BCUT2D eigenvalue weighted by Gasteiger charge is -2.26. The van der Waals surface area contributed by atoms with Crippen LogP contribution in [0.15, 0.2) is 29.2 Å². The van der Waals surface area contributed by atoms with Gasteiger partial charge in [-0.15, -0.1) is 12.4 Å². The summed E-state index contributed by atoms with van der Waals surface area (Å²) < 4.78 is 27.1. The normalized spacial score (nSPS) is 15.5. The minimum Gasteiger partial charge on any atom is -0.352 e. The van der Waals surface area contributed by atoms with E-state index in [0.717, 1.165) is 32.2 Å². The van der Waals surface area contributed by atoms with Crippen LogP contribution in [0.1, 0.15) is 36.0 Å². The Morgan fingerprint density at radius 1 is 1.12 bits per heavy atom. The van der Waals surface area contributed by atoms with E-state index in [9.17, 15) is 13.2 Å². The highest BCUT2D eigenvalue weighted by atomic mass is 35.5. The molecule has 0 aromatic heterocycles. The summed E-state index contributed by atoms with van der Waals surface area (Å²) in [4.78, 5) is 12.4. The van der Waals surface area contributed by atoms with Crippen LogP contribution in [0.2, 0.25) is 0 Å². The number of amides is 1. The van der Waals surface area contributed by atoms with E-state index in [1.54, 1.807) is 18.2 Å². The number of hydrogen-bond acceptors (Lipinski definition) is 4. The Balaban J connectivity index is 0.00000288. The summed E-state index contributed by atoms with van der Waals surface area (Å²) in [5, 5.41) is 5.79. The fourth-order valence-corrected chi connectivity index (χ4v) is 4.39. The van der Waals surface area contributed by atoms with Crippen LogP contribution in [-0.2, 0) is 10.0 Å². The fourth-order valence-electron chi connectivity index (χ4n) is 2.69. The first-order valence-electron chi connectivity index (χ1n) is 8.09. The summed E-state index contributed by atoms with van der Waals surface area (Å²) in [7, 11) is -1.76.